The Hall–Kier alpha value is -1.30. The van der Waals surface area contributed by atoms with Gasteiger partial charge in [0.25, 0.3) is 0 Å². The van der Waals surface area contributed by atoms with E-state index in [9.17, 15) is 9.59 Å². The van der Waals surface area contributed by atoms with Crippen molar-refractivity contribution in [3.63, 3.8) is 0 Å². The molecule has 0 unspecified atom stereocenters. The summed E-state index contributed by atoms with van der Waals surface area (Å²) < 4.78 is 9.99. The maximum Gasteiger partial charge on any atom is 0.410 e. The van der Waals surface area contributed by atoms with Crippen molar-refractivity contribution in [2.75, 3.05) is 20.2 Å². The van der Waals surface area contributed by atoms with Crippen LogP contribution in [0.25, 0.3) is 0 Å². The summed E-state index contributed by atoms with van der Waals surface area (Å²) in [6.07, 6.45) is -0.513. The molecule has 1 aliphatic rings. The van der Waals surface area contributed by atoms with Gasteiger partial charge in [0.15, 0.2) is 5.60 Å². The predicted octanol–water partition coefficient (Wildman–Crippen LogP) is 0.707. The number of likely N-dealkylation sites (tertiary alicyclic amines) is 1. The maximum atomic E-state index is 11.5. The third kappa shape index (κ3) is 2.44. The number of hydrogen-bond acceptors (Lipinski definition) is 4. The number of carbonyl (C=O) groups excluding carboxylic acids is 1. The molecular formula is C10H17NO5. The summed E-state index contributed by atoms with van der Waals surface area (Å²) >= 11 is 0. The number of ether oxygens (including phenoxy) is 2. The summed E-state index contributed by atoms with van der Waals surface area (Å²) in [6, 6.07) is 0. The highest BCUT2D eigenvalue weighted by molar-refractivity contribution is 5.83. The second-order valence-corrected chi connectivity index (χ2v) is 4.84. The van der Waals surface area contributed by atoms with Crippen LogP contribution >= 0.6 is 0 Å². The number of methoxy groups -OCH3 is 1. The number of aliphatic carboxylic acids is 1. The second kappa shape index (κ2) is 3.93. The van der Waals surface area contributed by atoms with Crippen LogP contribution in [0.1, 0.15) is 20.8 Å². The van der Waals surface area contributed by atoms with E-state index in [1.165, 1.54) is 12.0 Å². The molecule has 16 heavy (non-hydrogen) atoms. The molecule has 0 aromatic heterocycles. The van der Waals surface area contributed by atoms with E-state index in [4.69, 9.17) is 14.6 Å². The van der Waals surface area contributed by atoms with Gasteiger partial charge < -0.3 is 19.5 Å². The van der Waals surface area contributed by atoms with Crippen molar-refractivity contribution in [3.05, 3.63) is 0 Å². The van der Waals surface area contributed by atoms with Crippen LogP contribution in [0.5, 0.6) is 0 Å². The Kier molecular flexibility index (Phi) is 3.14. The Labute approximate surface area is 94.1 Å². The maximum absolute atomic E-state index is 11.5. The summed E-state index contributed by atoms with van der Waals surface area (Å²) in [5.74, 6) is -1.06. The quantitative estimate of drug-likeness (QED) is 0.757. The molecule has 6 heteroatoms. The first-order valence-electron chi connectivity index (χ1n) is 4.97. The smallest absolute Gasteiger partial charge is 0.410 e. The Balaban J connectivity index is 2.52. The van der Waals surface area contributed by atoms with Crippen LogP contribution in [0.3, 0.4) is 0 Å². The lowest BCUT2D eigenvalue weighted by Gasteiger charge is -2.45. The number of rotatable bonds is 2. The first-order valence-corrected chi connectivity index (χ1v) is 4.97. The Morgan fingerprint density at radius 3 is 2.12 bits per heavy atom. The van der Waals surface area contributed by atoms with E-state index in [1.54, 1.807) is 20.8 Å². The largest absolute Gasteiger partial charge is 0.479 e. The Morgan fingerprint density at radius 2 is 1.81 bits per heavy atom. The van der Waals surface area contributed by atoms with Gasteiger partial charge in [0.2, 0.25) is 0 Å². The fourth-order valence-corrected chi connectivity index (χ4v) is 1.38. The zero-order valence-electron chi connectivity index (χ0n) is 9.94. The van der Waals surface area contributed by atoms with E-state index >= 15 is 0 Å². The van der Waals surface area contributed by atoms with Gasteiger partial charge >= 0.3 is 12.1 Å². The van der Waals surface area contributed by atoms with E-state index in [0.717, 1.165) is 0 Å². The molecule has 92 valence electrons. The molecule has 1 N–H and O–H groups in total. The van der Waals surface area contributed by atoms with Crippen molar-refractivity contribution in [1.82, 2.24) is 4.90 Å². The summed E-state index contributed by atoms with van der Waals surface area (Å²) in [5.41, 5.74) is -1.84. The van der Waals surface area contributed by atoms with Crippen LogP contribution < -0.4 is 0 Å². The molecule has 0 spiro atoms. The van der Waals surface area contributed by atoms with Gasteiger partial charge in [-0.2, -0.15) is 0 Å². The third-order valence-electron chi connectivity index (χ3n) is 2.32. The summed E-state index contributed by atoms with van der Waals surface area (Å²) in [6.45, 7) is 5.31. The summed E-state index contributed by atoms with van der Waals surface area (Å²) in [5, 5.41) is 8.91. The summed E-state index contributed by atoms with van der Waals surface area (Å²) in [7, 11) is 1.32. The minimum atomic E-state index is -1.27. The zero-order valence-corrected chi connectivity index (χ0v) is 9.94. The molecule has 1 aliphatic heterocycles. The molecule has 0 bridgehead atoms. The number of nitrogens with zero attached hydrogens (tertiary/aromatic N) is 1. The molecule has 1 amide bonds. The number of amides is 1. The van der Waals surface area contributed by atoms with Gasteiger partial charge in [-0.25, -0.2) is 9.59 Å². The minimum Gasteiger partial charge on any atom is -0.479 e. The lowest BCUT2D eigenvalue weighted by atomic mass is 9.95. The molecule has 1 fully saturated rings. The molecule has 0 saturated carbocycles. The number of carbonyl (C=O) groups is 2. The molecule has 0 radical (unpaired) electrons. The lowest BCUT2D eigenvalue weighted by molar-refractivity contribution is -0.182. The highest BCUT2D eigenvalue weighted by Crippen LogP contribution is 2.26. The van der Waals surface area contributed by atoms with Gasteiger partial charge in [-0.15, -0.1) is 0 Å². The monoisotopic (exact) mass is 231 g/mol. The lowest BCUT2D eigenvalue weighted by Crippen LogP contribution is -2.68. The predicted molar refractivity (Wildman–Crippen MR) is 55.2 cm³/mol. The molecule has 1 saturated heterocycles. The van der Waals surface area contributed by atoms with E-state index < -0.39 is 23.3 Å². The Morgan fingerprint density at radius 1 is 1.31 bits per heavy atom. The van der Waals surface area contributed by atoms with Gasteiger partial charge in [0, 0.05) is 7.11 Å². The number of carboxylic acid groups (broad SMARTS) is 1. The fourth-order valence-electron chi connectivity index (χ4n) is 1.38. The van der Waals surface area contributed by atoms with Crippen LogP contribution in [-0.4, -0.2) is 53.5 Å². The first-order chi connectivity index (χ1) is 7.20. The summed E-state index contributed by atoms with van der Waals surface area (Å²) in [4.78, 5) is 23.7. The van der Waals surface area contributed by atoms with Crippen LogP contribution in [0, 0.1) is 0 Å². The SMILES string of the molecule is COC1(C(=O)O)CN(C(=O)OC(C)(C)C)C1. The molecule has 0 aromatic carbocycles. The number of carboxylic acids is 1. The van der Waals surface area contributed by atoms with Crippen molar-refractivity contribution < 1.29 is 24.2 Å². The topological polar surface area (TPSA) is 76.1 Å². The molecular weight excluding hydrogens is 214 g/mol. The van der Waals surface area contributed by atoms with Crippen LogP contribution in [0.15, 0.2) is 0 Å². The Bertz CT molecular complexity index is 301. The van der Waals surface area contributed by atoms with Gasteiger partial charge in [-0.3, -0.25) is 0 Å². The molecule has 0 atom stereocenters. The molecule has 0 aliphatic carbocycles. The standard InChI is InChI=1S/C10H17NO5/c1-9(2,3)16-8(14)11-5-10(6-11,15-4)7(12)13/h5-6H2,1-4H3,(H,12,13). The van der Waals surface area contributed by atoms with E-state index in [2.05, 4.69) is 0 Å². The van der Waals surface area contributed by atoms with Crippen molar-refractivity contribution in [3.8, 4) is 0 Å². The van der Waals surface area contributed by atoms with Gasteiger partial charge in [-0.1, -0.05) is 0 Å². The average Bonchev–Trinajstić information content (AvgIpc) is 1.98. The average molecular weight is 231 g/mol. The van der Waals surface area contributed by atoms with E-state index in [1.807, 2.05) is 0 Å². The van der Waals surface area contributed by atoms with Crippen LogP contribution in [0.4, 0.5) is 4.79 Å². The van der Waals surface area contributed by atoms with Gasteiger partial charge in [0.05, 0.1) is 13.1 Å². The number of hydrogen-bond donors (Lipinski definition) is 1. The van der Waals surface area contributed by atoms with E-state index in [-0.39, 0.29) is 13.1 Å². The van der Waals surface area contributed by atoms with Gasteiger partial charge in [0.1, 0.15) is 5.60 Å². The zero-order chi connectivity index (χ0) is 12.6. The molecule has 1 rings (SSSR count). The normalized spacial score (nSPS) is 18.9. The highest BCUT2D eigenvalue weighted by atomic mass is 16.6. The van der Waals surface area contributed by atoms with E-state index in [0.29, 0.717) is 0 Å². The minimum absolute atomic E-state index is 0.0216. The second-order valence-electron chi connectivity index (χ2n) is 4.84. The van der Waals surface area contributed by atoms with Gasteiger partial charge in [-0.05, 0) is 20.8 Å². The van der Waals surface area contributed by atoms with Crippen molar-refractivity contribution >= 4 is 12.1 Å². The first kappa shape index (κ1) is 12.8. The highest BCUT2D eigenvalue weighted by Gasteiger charge is 2.53. The van der Waals surface area contributed by atoms with Crippen LogP contribution in [0.2, 0.25) is 0 Å². The van der Waals surface area contributed by atoms with Crippen molar-refractivity contribution in [1.29, 1.82) is 0 Å². The fraction of sp³-hybridized carbons (Fsp3) is 0.800. The molecule has 6 nitrogen and oxygen atoms in total. The third-order valence-corrected chi connectivity index (χ3v) is 2.32. The molecule has 1 heterocycles. The van der Waals surface area contributed by atoms with Crippen molar-refractivity contribution in [2.24, 2.45) is 0 Å². The molecule has 0 aromatic rings. The van der Waals surface area contributed by atoms with Crippen LogP contribution in [-0.2, 0) is 14.3 Å². The van der Waals surface area contributed by atoms with Crippen molar-refractivity contribution in [2.45, 2.75) is 32.0 Å².